The van der Waals surface area contributed by atoms with Crippen LogP contribution in [0.4, 0.5) is 5.82 Å². The molecule has 2 rings (SSSR count). The summed E-state index contributed by atoms with van der Waals surface area (Å²) in [6.07, 6.45) is 3.38. The second kappa shape index (κ2) is 3.89. The molecule has 0 aliphatic rings. The van der Waals surface area contributed by atoms with Crippen LogP contribution in [0.15, 0.2) is 18.6 Å². The van der Waals surface area contributed by atoms with Gasteiger partial charge in [-0.2, -0.15) is 0 Å². The molecular weight excluding hydrogens is 164 g/mol. The molecule has 2 heterocycles. The van der Waals surface area contributed by atoms with Gasteiger partial charge in [0.1, 0.15) is 17.8 Å². The number of nitrogens with two attached hydrogens (primary N) is 1. The van der Waals surface area contributed by atoms with Gasteiger partial charge in [-0.05, 0) is 6.07 Å². The maximum atomic E-state index is 5.61. The maximum Gasteiger partial charge on any atom is 0.145 e. The van der Waals surface area contributed by atoms with Crippen molar-refractivity contribution in [3.05, 3.63) is 18.6 Å². The van der Waals surface area contributed by atoms with Crippen molar-refractivity contribution in [2.75, 3.05) is 5.73 Å². The van der Waals surface area contributed by atoms with E-state index in [-0.39, 0.29) is 0 Å². The molecule has 0 unspecified atom stereocenters. The van der Waals surface area contributed by atoms with Gasteiger partial charge in [-0.3, -0.25) is 0 Å². The number of nitrogens with zero attached hydrogens (tertiary/aromatic N) is 3. The lowest BCUT2D eigenvalue weighted by molar-refractivity contribution is 0.944. The van der Waals surface area contributed by atoms with E-state index in [0.29, 0.717) is 5.82 Å². The molecule has 0 radical (unpaired) electrons. The zero-order chi connectivity index (χ0) is 9.84. The number of nitrogen functional groups attached to an aromatic ring is 1. The van der Waals surface area contributed by atoms with Gasteiger partial charge in [0, 0.05) is 13.2 Å². The van der Waals surface area contributed by atoms with E-state index in [1.165, 1.54) is 6.33 Å². The third kappa shape index (κ3) is 1.61. The first-order valence-corrected chi connectivity index (χ1v) is 4.30. The normalized spacial score (nSPS) is 9.46. The van der Waals surface area contributed by atoms with Crippen LogP contribution in [-0.4, -0.2) is 14.5 Å². The molecule has 4 heteroatoms. The molecule has 0 amide bonds. The predicted octanol–water partition coefficient (Wildman–Crippen LogP) is 1.58. The Hall–Kier alpha value is -1.58. The van der Waals surface area contributed by atoms with Crippen molar-refractivity contribution in [3.8, 4) is 0 Å². The SMILES string of the molecule is CC.Cn1ccc2c(N)ncnc21. The number of aromatic nitrogens is 3. The lowest BCUT2D eigenvalue weighted by Crippen LogP contribution is -1.93. The van der Waals surface area contributed by atoms with Crippen LogP contribution in [0.1, 0.15) is 13.8 Å². The number of hydrogen-bond donors (Lipinski definition) is 1. The summed E-state index contributed by atoms with van der Waals surface area (Å²) in [5.74, 6) is 0.538. The van der Waals surface area contributed by atoms with Crippen molar-refractivity contribution >= 4 is 16.9 Å². The molecular formula is C9H14N4. The highest BCUT2D eigenvalue weighted by Crippen LogP contribution is 2.15. The van der Waals surface area contributed by atoms with Crippen LogP contribution in [0.3, 0.4) is 0 Å². The van der Waals surface area contributed by atoms with Crippen LogP contribution in [0, 0.1) is 0 Å². The van der Waals surface area contributed by atoms with Gasteiger partial charge in [0.05, 0.1) is 5.39 Å². The number of rotatable bonds is 0. The lowest BCUT2D eigenvalue weighted by Gasteiger charge is -1.94. The fourth-order valence-corrected chi connectivity index (χ4v) is 1.10. The summed E-state index contributed by atoms with van der Waals surface area (Å²) in [5, 5.41) is 0.912. The van der Waals surface area contributed by atoms with Gasteiger partial charge in [-0.25, -0.2) is 9.97 Å². The summed E-state index contributed by atoms with van der Waals surface area (Å²) in [6, 6.07) is 1.91. The summed E-state index contributed by atoms with van der Waals surface area (Å²) in [6.45, 7) is 4.00. The first-order valence-electron chi connectivity index (χ1n) is 4.30. The van der Waals surface area contributed by atoms with Crippen molar-refractivity contribution in [2.24, 2.45) is 7.05 Å². The Kier molecular flexibility index (Phi) is 2.84. The second-order valence-electron chi connectivity index (χ2n) is 2.42. The molecule has 0 atom stereocenters. The van der Waals surface area contributed by atoms with Crippen molar-refractivity contribution < 1.29 is 0 Å². The first kappa shape index (κ1) is 9.51. The summed E-state index contributed by atoms with van der Waals surface area (Å²) in [4.78, 5) is 7.95. The number of fused-ring (bicyclic) bond motifs is 1. The van der Waals surface area contributed by atoms with Crippen LogP contribution >= 0.6 is 0 Å². The highest BCUT2D eigenvalue weighted by Gasteiger charge is 2.01. The summed E-state index contributed by atoms with van der Waals surface area (Å²) < 4.78 is 1.91. The van der Waals surface area contributed by atoms with E-state index in [1.807, 2.05) is 37.7 Å². The second-order valence-corrected chi connectivity index (χ2v) is 2.42. The molecule has 0 saturated heterocycles. The first-order chi connectivity index (χ1) is 6.29. The largest absolute Gasteiger partial charge is 0.383 e. The fraction of sp³-hybridized carbons (Fsp3) is 0.333. The molecule has 4 nitrogen and oxygen atoms in total. The smallest absolute Gasteiger partial charge is 0.145 e. The van der Waals surface area contributed by atoms with E-state index in [4.69, 9.17) is 5.73 Å². The van der Waals surface area contributed by atoms with E-state index < -0.39 is 0 Å². The van der Waals surface area contributed by atoms with Crippen LogP contribution in [-0.2, 0) is 7.05 Å². The van der Waals surface area contributed by atoms with Crippen LogP contribution in [0.5, 0.6) is 0 Å². The maximum absolute atomic E-state index is 5.61. The summed E-state index contributed by atoms with van der Waals surface area (Å²) >= 11 is 0. The molecule has 0 aromatic carbocycles. The highest BCUT2D eigenvalue weighted by atomic mass is 15.0. The Morgan fingerprint density at radius 2 is 2.00 bits per heavy atom. The van der Waals surface area contributed by atoms with Crippen molar-refractivity contribution in [3.63, 3.8) is 0 Å². The van der Waals surface area contributed by atoms with E-state index >= 15 is 0 Å². The minimum Gasteiger partial charge on any atom is -0.383 e. The van der Waals surface area contributed by atoms with Gasteiger partial charge < -0.3 is 10.3 Å². The molecule has 0 saturated carbocycles. The molecule has 0 spiro atoms. The molecule has 0 aliphatic carbocycles. The van der Waals surface area contributed by atoms with Gasteiger partial charge in [0.25, 0.3) is 0 Å². The standard InChI is InChI=1S/C7H8N4.C2H6/c1-11-3-2-5-6(8)9-4-10-7(5)11;1-2/h2-4H,1H3,(H2,8,9,10);1-2H3. The van der Waals surface area contributed by atoms with Crippen molar-refractivity contribution in [1.29, 1.82) is 0 Å². The van der Waals surface area contributed by atoms with Gasteiger partial charge in [-0.15, -0.1) is 0 Å². The average Bonchev–Trinajstić information content (AvgIpc) is 2.53. The van der Waals surface area contributed by atoms with Gasteiger partial charge in [0.2, 0.25) is 0 Å². The topological polar surface area (TPSA) is 56.7 Å². The third-order valence-corrected chi connectivity index (χ3v) is 1.69. The number of anilines is 1. The molecule has 2 aromatic heterocycles. The summed E-state index contributed by atoms with van der Waals surface area (Å²) in [5.41, 5.74) is 6.48. The minimum atomic E-state index is 0.538. The van der Waals surface area contributed by atoms with E-state index in [0.717, 1.165) is 11.0 Å². The third-order valence-electron chi connectivity index (χ3n) is 1.69. The van der Waals surface area contributed by atoms with E-state index in [2.05, 4.69) is 9.97 Å². The molecule has 13 heavy (non-hydrogen) atoms. The zero-order valence-electron chi connectivity index (χ0n) is 8.15. The fourth-order valence-electron chi connectivity index (χ4n) is 1.10. The quantitative estimate of drug-likeness (QED) is 0.666. The Morgan fingerprint density at radius 1 is 1.31 bits per heavy atom. The monoisotopic (exact) mass is 178 g/mol. The molecule has 2 aromatic rings. The molecule has 70 valence electrons. The Balaban J connectivity index is 0.000000396. The minimum absolute atomic E-state index is 0.538. The molecule has 0 aliphatic heterocycles. The van der Waals surface area contributed by atoms with Crippen LogP contribution < -0.4 is 5.73 Å². The Morgan fingerprint density at radius 3 is 2.62 bits per heavy atom. The lowest BCUT2D eigenvalue weighted by atomic mass is 10.4. The van der Waals surface area contributed by atoms with E-state index in [1.54, 1.807) is 0 Å². The zero-order valence-corrected chi connectivity index (χ0v) is 8.15. The predicted molar refractivity (Wildman–Crippen MR) is 54.3 cm³/mol. The van der Waals surface area contributed by atoms with Crippen LogP contribution in [0.2, 0.25) is 0 Å². The van der Waals surface area contributed by atoms with Crippen molar-refractivity contribution in [1.82, 2.24) is 14.5 Å². The van der Waals surface area contributed by atoms with Gasteiger partial charge in [0.15, 0.2) is 0 Å². The Bertz CT molecular complexity index is 391. The Labute approximate surface area is 77.4 Å². The number of aryl methyl sites for hydroxylation is 1. The van der Waals surface area contributed by atoms with E-state index in [9.17, 15) is 0 Å². The summed E-state index contributed by atoms with van der Waals surface area (Å²) in [7, 11) is 1.93. The van der Waals surface area contributed by atoms with Gasteiger partial charge >= 0.3 is 0 Å². The molecule has 0 bridgehead atoms. The van der Waals surface area contributed by atoms with Crippen molar-refractivity contribution in [2.45, 2.75) is 13.8 Å². The average molecular weight is 178 g/mol. The van der Waals surface area contributed by atoms with Gasteiger partial charge in [-0.1, -0.05) is 13.8 Å². The highest BCUT2D eigenvalue weighted by molar-refractivity contribution is 5.85. The molecule has 2 N–H and O–H groups in total. The van der Waals surface area contributed by atoms with Crippen LogP contribution in [0.25, 0.3) is 11.0 Å². The number of hydrogen-bond acceptors (Lipinski definition) is 3. The molecule has 0 fully saturated rings.